The maximum absolute atomic E-state index is 5.40. The molecule has 5 heteroatoms. The molecule has 0 amide bonds. The Morgan fingerprint density at radius 3 is 3.00 bits per heavy atom. The number of nitrogens with one attached hydrogen (secondary N) is 1. The second kappa shape index (κ2) is 3.67. The summed E-state index contributed by atoms with van der Waals surface area (Å²) in [7, 11) is 0. The van der Waals surface area contributed by atoms with Gasteiger partial charge in [-0.1, -0.05) is 0 Å². The molecule has 0 aliphatic heterocycles. The molecular weight excluding hydrogens is 235 g/mol. The first kappa shape index (κ1) is 8.46. The number of nitrogens with zero attached hydrogens (tertiary/aromatic N) is 1. The minimum Gasteiger partial charge on any atom is -0.247 e. The predicted octanol–water partition coefficient (Wildman–Crippen LogP) is 2.71. The lowest BCUT2D eigenvalue weighted by molar-refractivity contribution is 0.737. The van der Waals surface area contributed by atoms with Gasteiger partial charge in [-0.25, -0.2) is 9.82 Å². The first-order valence-electron chi connectivity index (χ1n) is 2.71. The summed E-state index contributed by atoms with van der Waals surface area (Å²) < 4.78 is 1.03. The third-order valence-corrected chi connectivity index (χ3v) is 3.02. The fourth-order valence-electron chi connectivity index (χ4n) is 0.514. The molecule has 1 unspecified atom stereocenters. The van der Waals surface area contributed by atoms with Gasteiger partial charge in [0.25, 0.3) is 0 Å². The van der Waals surface area contributed by atoms with Crippen molar-refractivity contribution in [2.75, 3.05) is 0 Å². The molecule has 0 fully saturated rings. The molecule has 1 N–H and O–H groups in total. The van der Waals surface area contributed by atoms with Gasteiger partial charge in [0.05, 0.1) is 16.0 Å². The number of aromatic nitrogens is 1. The Hall–Kier alpha value is 0.360. The van der Waals surface area contributed by atoms with E-state index in [1.54, 1.807) is 17.5 Å². The van der Waals surface area contributed by atoms with Gasteiger partial charge >= 0.3 is 0 Å². The van der Waals surface area contributed by atoms with Gasteiger partial charge in [-0.15, -0.1) is 11.3 Å². The molecule has 0 bridgehead atoms. The van der Waals surface area contributed by atoms with Gasteiger partial charge in [0, 0.05) is 0 Å². The van der Waals surface area contributed by atoms with Gasteiger partial charge in [-0.3, -0.25) is 0 Å². The maximum atomic E-state index is 5.40. The summed E-state index contributed by atoms with van der Waals surface area (Å²) in [5, 5.41) is 0.988. The van der Waals surface area contributed by atoms with Gasteiger partial charge in [0.2, 0.25) is 0 Å². The second-order valence-corrected chi connectivity index (χ2v) is 4.49. The number of rotatable bonds is 2. The van der Waals surface area contributed by atoms with Crippen molar-refractivity contribution in [3.8, 4) is 0 Å². The molecule has 2 nitrogen and oxygen atoms in total. The smallest absolute Gasteiger partial charge is 0.112 e. The van der Waals surface area contributed by atoms with Crippen molar-refractivity contribution in [1.29, 1.82) is 0 Å². The average Bonchev–Trinajstić information content (AvgIpc) is 2.34. The fourth-order valence-corrected chi connectivity index (χ4v) is 1.93. The summed E-state index contributed by atoms with van der Waals surface area (Å²) in [6.45, 7) is 1.96. The predicted molar refractivity (Wildman–Crippen MR) is 47.2 cm³/mol. The van der Waals surface area contributed by atoms with Crippen LogP contribution in [0.4, 0.5) is 0 Å². The minimum absolute atomic E-state index is 0.123. The first-order chi connectivity index (χ1) is 4.74. The van der Waals surface area contributed by atoms with Crippen molar-refractivity contribution in [3.63, 3.8) is 0 Å². The molecule has 0 aliphatic rings. The van der Waals surface area contributed by atoms with E-state index in [-0.39, 0.29) is 6.04 Å². The van der Waals surface area contributed by atoms with Gasteiger partial charge < -0.3 is 0 Å². The first-order valence-corrected chi connectivity index (χ1v) is 4.70. The molecule has 10 heavy (non-hydrogen) atoms. The van der Waals surface area contributed by atoms with Gasteiger partial charge in [-0.2, -0.15) is 0 Å². The lowest BCUT2D eigenvalue weighted by Gasteiger charge is -2.01. The van der Waals surface area contributed by atoms with E-state index in [9.17, 15) is 0 Å². The Labute approximate surface area is 76.9 Å². The summed E-state index contributed by atoms with van der Waals surface area (Å²) in [6.07, 6.45) is 1.77. The fraction of sp³-hybridized carbons (Fsp3) is 0.400. The van der Waals surface area contributed by atoms with Crippen LogP contribution in [0.2, 0.25) is 0 Å². The normalized spacial score (nSPS) is 13.5. The van der Waals surface area contributed by atoms with Crippen LogP contribution in [0.15, 0.2) is 9.98 Å². The van der Waals surface area contributed by atoms with Gasteiger partial charge in [-0.05, 0) is 34.6 Å². The van der Waals surface area contributed by atoms with Crippen LogP contribution in [0.1, 0.15) is 18.0 Å². The molecular formula is C5H6BrClN2S. The van der Waals surface area contributed by atoms with Crippen molar-refractivity contribution >= 4 is 39.0 Å². The highest BCUT2D eigenvalue weighted by Gasteiger charge is 2.06. The van der Waals surface area contributed by atoms with Crippen LogP contribution in [0, 0.1) is 0 Å². The zero-order chi connectivity index (χ0) is 7.56. The monoisotopic (exact) mass is 240 g/mol. The summed E-state index contributed by atoms with van der Waals surface area (Å²) in [6, 6.07) is 0.123. The zero-order valence-corrected chi connectivity index (χ0v) is 8.42. The molecule has 56 valence electrons. The largest absolute Gasteiger partial charge is 0.247 e. The highest BCUT2D eigenvalue weighted by atomic mass is 79.9. The van der Waals surface area contributed by atoms with E-state index in [2.05, 4.69) is 25.7 Å². The Kier molecular flexibility index (Phi) is 3.10. The van der Waals surface area contributed by atoms with E-state index in [1.165, 1.54) is 0 Å². The Balaban J connectivity index is 2.74. The summed E-state index contributed by atoms with van der Waals surface area (Å²) in [5.74, 6) is 0. The van der Waals surface area contributed by atoms with E-state index in [0.717, 1.165) is 8.79 Å². The van der Waals surface area contributed by atoms with Gasteiger partial charge in [0.1, 0.15) is 5.01 Å². The molecule has 1 heterocycles. The number of hydrogen-bond donors (Lipinski definition) is 1. The molecule has 1 aromatic rings. The summed E-state index contributed by atoms with van der Waals surface area (Å²) in [4.78, 5) is 6.71. The van der Waals surface area contributed by atoms with Crippen molar-refractivity contribution in [2.24, 2.45) is 0 Å². The summed E-state index contributed by atoms with van der Waals surface area (Å²) in [5.41, 5.74) is 0. The van der Waals surface area contributed by atoms with E-state index in [1.807, 2.05) is 6.92 Å². The molecule has 0 spiro atoms. The van der Waals surface area contributed by atoms with E-state index in [0.29, 0.717) is 0 Å². The molecule has 0 aromatic carbocycles. The SMILES string of the molecule is CC(NCl)c1ncc(Br)s1. The molecule has 0 saturated heterocycles. The van der Waals surface area contributed by atoms with Crippen LogP contribution < -0.4 is 4.84 Å². The molecule has 1 rings (SSSR count). The molecule has 0 saturated carbocycles. The zero-order valence-electron chi connectivity index (χ0n) is 5.27. The Bertz CT molecular complexity index is 215. The third-order valence-electron chi connectivity index (χ3n) is 1.03. The number of thiazole rings is 1. The molecule has 0 radical (unpaired) electrons. The average molecular weight is 242 g/mol. The van der Waals surface area contributed by atoms with Crippen LogP contribution >= 0.6 is 39.0 Å². The lowest BCUT2D eigenvalue weighted by atomic mass is 10.4. The molecule has 1 atom stereocenters. The van der Waals surface area contributed by atoms with Crippen molar-refractivity contribution in [1.82, 2.24) is 9.82 Å². The maximum Gasteiger partial charge on any atom is 0.112 e. The van der Waals surface area contributed by atoms with Crippen molar-refractivity contribution in [3.05, 3.63) is 15.0 Å². The van der Waals surface area contributed by atoms with Crippen LogP contribution in [0.25, 0.3) is 0 Å². The van der Waals surface area contributed by atoms with E-state index >= 15 is 0 Å². The Morgan fingerprint density at radius 2 is 2.60 bits per heavy atom. The molecule has 1 aromatic heterocycles. The van der Waals surface area contributed by atoms with Crippen molar-refractivity contribution in [2.45, 2.75) is 13.0 Å². The highest BCUT2D eigenvalue weighted by Crippen LogP contribution is 2.23. The molecule has 0 aliphatic carbocycles. The quantitative estimate of drug-likeness (QED) is 0.806. The van der Waals surface area contributed by atoms with Crippen LogP contribution in [0.5, 0.6) is 0 Å². The van der Waals surface area contributed by atoms with E-state index < -0.39 is 0 Å². The van der Waals surface area contributed by atoms with Crippen molar-refractivity contribution < 1.29 is 0 Å². The second-order valence-electron chi connectivity index (χ2n) is 1.83. The summed E-state index contributed by atoms with van der Waals surface area (Å²) >= 11 is 10.3. The Morgan fingerprint density at radius 1 is 1.90 bits per heavy atom. The third kappa shape index (κ3) is 1.92. The topological polar surface area (TPSA) is 24.9 Å². The standard InChI is InChI=1S/C5H6BrClN2S/c1-3(9-7)5-8-2-4(6)10-5/h2-3,9H,1H3. The number of halogens is 2. The minimum atomic E-state index is 0.123. The van der Waals surface area contributed by atoms with Crippen LogP contribution in [0.3, 0.4) is 0 Å². The highest BCUT2D eigenvalue weighted by molar-refractivity contribution is 9.11. The van der Waals surface area contributed by atoms with Crippen LogP contribution in [-0.2, 0) is 0 Å². The van der Waals surface area contributed by atoms with E-state index in [4.69, 9.17) is 11.8 Å². The van der Waals surface area contributed by atoms with Gasteiger partial charge in [0.15, 0.2) is 0 Å². The number of hydrogen-bond acceptors (Lipinski definition) is 3. The van der Waals surface area contributed by atoms with Crippen LogP contribution in [-0.4, -0.2) is 4.98 Å². The lowest BCUT2D eigenvalue weighted by Crippen LogP contribution is -2.05.